The van der Waals surface area contributed by atoms with Gasteiger partial charge in [-0.15, -0.1) is 11.8 Å². The highest BCUT2D eigenvalue weighted by molar-refractivity contribution is 7.98. The van der Waals surface area contributed by atoms with E-state index in [2.05, 4.69) is 10.6 Å². The van der Waals surface area contributed by atoms with Crippen LogP contribution in [0.1, 0.15) is 10.4 Å². The maximum Gasteiger partial charge on any atom is 0.255 e. The fraction of sp³-hybridized carbons (Fsp3) is 0.222. The van der Waals surface area contributed by atoms with Gasteiger partial charge in [-0.2, -0.15) is 4.31 Å². The highest BCUT2D eigenvalue weighted by Crippen LogP contribution is 2.25. The Morgan fingerprint density at radius 2 is 1.85 bits per heavy atom. The first-order valence-electron chi connectivity index (χ1n) is 8.23. The number of rotatable bonds is 5. The van der Waals surface area contributed by atoms with E-state index in [0.29, 0.717) is 11.3 Å². The Kier molecular flexibility index (Phi) is 5.83. The van der Waals surface area contributed by atoms with Gasteiger partial charge in [0.1, 0.15) is 0 Å². The molecule has 0 atom stereocenters. The van der Waals surface area contributed by atoms with E-state index in [4.69, 9.17) is 0 Å². The van der Waals surface area contributed by atoms with E-state index in [1.807, 2.05) is 30.5 Å². The Morgan fingerprint density at radius 3 is 2.52 bits per heavy atom. The first-order chi connectivity index (χ1) is 12.9. The Morgan fingerprint density at radius 1 is 1.15 bits per heavy atom. The number of nitrogens with one attached hydrogen (secondary N) is 2. The molecule has 2 N–H and O–H groups in total. The van der Waals surface area contributed by atoms with Crippen LogP contribution in [0.2, 0.25) is 0 Å². The van der Waals surface area contributed by atoms with Crippen LogP contribution in [0.25, 0.3) is 0 Å². The summed E-state index contributed by atoms with van der Waals surface area (Å²) in [6.07, 6.45) is 1.92. The van der Waals surface area contributed by atoms with E-state index < -0.39 is 10.0 Å². The molecule has 1 fully saturated rings. The Balaban J connectivity index is 1.76. The van der Waals surface area contributed by atoms with Crippen LogP contribution in [0.4, 0.5) is 5.69 Å². The van der Waals surface area contributed by atoms with Crippen LogP contribution in [0.15, 0.2) is 58.3 Å². The van der Waals surface area contributed by atoms with E-state index in [9.17, 15) is 18.0 Å². The smallest absolute Gasteiger partial charge is 0.255 e. The van der Waals surface area contributed by atoms with Crippen LogP contribution in [0.5, 0.6) is 0 Å². The molecule has 1 heterocycles. The summed E-state index contributed by atoms with van der Waals surface area (Å²) in [7, 11) is -3.77. The van der Waals surface area contributed by atoms with Gasteiger partial charge in [-0.05, 0) is 42.7 Å². The molecule has 9 heteroatoms. The third kappa shape index (κ3) is 4.32. The SMILES string of the molecule is CSc1ccccc1NC(=O)c1ccc(S(=O)(=O)N2CCNC(=O)C2)cc1. The Bertz CT molecular complexity index is 959. The van der Waals surface area contributed by atoms with Gasteiger partial charge < -0.3 is 10.6 Å². The van der Waals surface area contributed by atoms with Crippen molar-refractivity contribution >= 4 is 39.3 Å². The molecule has 2 aromatic rings. The second-order valence-electron chi connectivity index (χ2n) is 5.87. The topological polar surface area (TPSA) is 95.6 Å². The number of carbonyl (C=O) groups is 2. The van der Waals surface area contributed by atoms with Gasteiger partial charge in [-0.1, -0.05) is 12.1 Å². The number of thioether (sulfide) groups is 1. The number of sulfonamides is 1. The molecule has 2 aromatic carbocycles. The van der Waals surface area contributed by atoms with Crippen LogP contribution in [0.3, 0.4) is 0 Å². The van der Waals surface area contributed by atoms with Gasteiger partial charge in [-0.3, -0.25) is 9.59 Å². The predicted molar refractivity (Wildman–Crippen MR) is 104 cm³/mol. The molecule has 0 aromatic heterocycles. The first kappa shape index (κ1) is 19.4. The zero-order chi connectivity index (χ0) is 19.4. The third-order valence-electron chi connectivity index (χ3n) is 4.11. The van der Waals surface area contributed by atoms with Crippen molar-refractivity contribution in [3.05, 3.63) is 54.1 Å². The first-order valence-corrected chi connectivity index (χ1v) is 10.9. The molecular formula is C18H19N3O4S2. The van der Waals surface area contributed by atoms with E-state index >= 15 is 0 Å². The Labute approximate surface area is 162 Å². The summed E-state index contributed by atoms with van der Waals surface area (Å²) in [6, 6.07) is 13.1. The fourth-order valence-corrected chi connectivity index (χ4v) is 4.64. The summed E-state index contributed by atoms with van der Waals surface area (Å²) >= 11 is 1.52. The molecule has 0 radical (unpaired) electrons. The van der Waals surface area contributed by atoms with Gasteiger partial charge >= 0.3 is 0 Å². The number of nitrogens with zero attached hydrogens (tertiary/aromatic N) is 1. The predicted octanol–water partition coefficient (Wildman–Crippen LogP) is 1.78. The molecule has 0 spiro atoms. The largest absolute Gasteiger partial charge is 0.354 e. The number of piperazine rings is 1. The van der Waals surface area contributed by atoms with Crippen LogP contribution in [0, 0.1) is 0 Å². The van der Waals surface area contributed by atoms with Gasteiger partial charge in [-0.25, -0.2) is 8.42 Å². The summed E-state index contributed by atoms with van der Waals surface area (Å²) in [6.45, 7) is 0.311. The lowest BCUT2D eigenvalue weighted by Crippen LogP contribution is -2.49. The summed E-state index contributed by atoms with van der Waals surface area (Å²) in [5.41, 5.74) is 1.05. The number of hydrogen-bond acceptors (Lipinski definition) is 5. The highest BCUT2D eigenvalue weighted by Gasteiger charge is 2.29. The summed E-state index contributed by atoms with van der Waals surface area (Å²) in [5, 5.41) is 5.42. The molecule has 0 aliphatic carbocycles. The number of para-hydroxylation sites is 1. The van der Waals surface area contributed by atoms with Crippen LogP contribution >= 0.6 is 11.8 Å². The summed E-state index contributed by atoms with van der Waals surface area (Å²) in [5.74, 6) is -0.647. The fourth-order valence-electron chi connectivity index (χ4n) is 2.69. The molecule has 0 bridgehead atoms. The zero-order valence-electron chi connectivity index (χ0n) is 14.6. The number of amides is 2. The van der Waals surface area contributed by atoms with Crippen molar-refractivity contribution in [2.75, 3.05) is 31.2 Å². The quantitative estimate of drug-likeness (QED) is 0.740. The minimum atomic E-state index is -3.77. The normalized spacial score (nSPS) is 15.2. The Hall–Kier alpha value is -2.36. The second-order valence-corrected chi connectivity index (χ2v) is 8.65. The average Bonchev–Trinajstić information content (AvgIpc) is 2.68. The van der Waals surface area contributed by atoms with Gasteiger partial charge in [0.25, 0.3) is 5.91 Å². The lowest BCUT2D eigenvalue weighted by Gasteiger charge is -2.25. The van der Waals surface area contributed by atoms with Crippen molar-refractivity contribution in [1.82, 2.24) is 9.62 Å². The van der Waals surface area contributed by atoms with Crippen LogP contribution < -0.4 is 10.6 Å². The van der Waals surface area contributed by atoms with Crippen molar-refractivity contribution in [2.45, 2.75) is 9.79 Å². The van der Waals surface area contributed by atoms with E-state index in [1.165, 1.54) is 36.0 Å². The molecule has 1 aliphatic heterocycles. The van der Waals surface area contributed by atoms with Gasteiger partial charge in [0.15, 0.2) is 0 Å². The number of anilines is 1. The molecule has 1 saturated heterocycles. The molecule has 7 nitrogen and oxygen atoms in total. The van der Waals surface area contributed by atoms with Crippen molar-refractivity contribution in [3.63, 3.8) is 0 Å². The van der Waals surface area contributed by atoms with E-state index in [0.717, 1.165) is 9.20 Å². The molecule has 27 heavy (non-hydrogen) atoms. The molecule has 2 amide bonds. The average molecular weight is 406 g/mol. The van der Waals surface area contributed by atoms with E-state index in [1.54, 1.807) is 0 Å². The monoisotopic (exact) mass is 405 g/mol. The van der Waals surface area contributed by atoms with Gasteiger partial charge in [0.05, 0.1) is 17.1 Å². The third-order valence-corrected chi connectivity index (χ3v) is 6.77. The van der Waals surface area contributed by atoms with Crippen molar-refractivity contribution < 1.29 is 18.0 Å². The number of benzene rings is 2. The molecule has 142 valence electrons. The van der Waals surface area contributed by atoms with Crippen LogP contribution in [-0.2, 0) is 14.8 Å². The maximum atomic E-state index is 12.6. The van der Waals surface area contributed by atoms with Crippen LogP contribution in [-0.4, -0.2) is 50.4 Å². The van der Waals surface area contributed by atoms with Crippen molar-refractivity contribution in [2.24, 2.45) is 0 Å². The lowest BCUT2D eigenvalue weighted by atomic mass is 10.2. The van der Waals surface area contributed by atoms with Crippen molar-refractivity contribution in [3.8, 4) is 0 Å². The highest BCUT2D eigenvalue weighted by atomic mass is 32.2. The minimum Gasteiger partial charge on any atom is -0.354 e. The summed E-state index contributed by atoms with van der Waals surface area (Å²) < 4.78 is 26.4. The number of hydrogen-bond donors (Lipinski definition) is 2. The summed E-state index contributed by atoms with van der Waals surface area (Å²) in [4.78, 5) is 24.9. The lowest BCUT2D eigenvalue weighted by molar-refractivity contribution is -0.122. The zero-order valence-corrected chi connectivity index (χ0v) is 16.3. The van der Waals surface area contributed by atoms with Gasteiger partial charge in [0, 0.05) is 23.5 Å². The molecule has 0 unspecified atom stereocenters. The molecule has 0 saturated carbocycles. The van der Waals surface area contributed by atoms with Crippen molar-refractivity contribution in [1.29, 1.82) is 0 Å². The van der Waals surface area contributed by atoms with E-state index in [-0.39, 0.29) is 36.3 Å². The maximum absolute atomic E-state index is 12.6. The molecule has 1 aliphatic rings. The van der Waals surface area contributed by atoms with Gasteiger partial charge in [0.2, 0.25) is 15.9 Å². The molecular weight excluding hydrogens is 386 g/mol. The number of carbonyl (C=O) groups excluding carboxylic acids is 2. The minimum absolute atomic E-state index is 0.0539. The standard InChI is InChI=1S/C18H19N3O4S2/c1-26-16-5-3-2-4-15(16)20-18(23)13-6-8-14(9-7-13)27(24,25)21-11-10-19-17(22)12-21/h2-9H,10-12H2,1H3,(H,19,22)(H,20,23). The second kappa shape index (κ2) is 8.12. The molecule has 3 rings (SSSR count).